The van der Waals surface area contributed by atoms with Crippen LogP contribution in [-0.4, -0.2) is 30.5 Å². The molecule has 2 N–H and O–H groups in total. The van der Waals surface area contributed by atoms with Gasteiger partial charge in [0.25, 0.3) is 11.3 Å². The molecular formula is C22H22N6O2. The average molecular weight is 402 g/mol. The molecule has 3 aromatic heterocycles. The Balaban J connectivity index is 1.68. The number of carbonyl (C=O) groups excluding carboxylic acids is 1. The lowest BCUT2D eigenvalue weighted by atomic mass is 9.94. The lowest BCUT2D eigenvalue weighted by Crippen LogP contribution is -2.34. The maximum atomic E-state index is 13.0. The van der Waals surface area contributed by atoms with E-state index >= 15 is 0 Å². The summed E-state index contributed by atoms with van der Waals surface area (Å²) in [6.45, 7) is 5.75. The molecule has 0 aliphatic carbocycles. The summed E-state index contributed by atoms with van der Waals surface area (Å²) >= 11 is 0. The number of aromatic nitrogens is 5. The fraction of sp³-hybridized carbons (Fsp3) is 0.227. The Hall–Kier alpha value is -3.81. The molecule has 0 unspecified atom stereocenters. The standard InChI is InChI=1S/C22H22N6O2/c1-13-4-5-14(2)17(10-13)20(16-6-8-23-9-7-16)27-19(29)11-18-15(3)26-22-24-12-25-28(22)21(18)30/h4-10,12,20H,11H2,1-3H3,(H,27,29)(H,24,25,26)/t20-/m1/s1. The molecule has 8 nitrogen and oxygen atoms in total. The molecule has 30 heavy (non-hydrogen) atoms. The molecule has 3 heterocycles. The normalized spacial score (nSPS) is 12.1. The number of rotatable bonds is 5. The highest BCUT2D eigenvalue weighted by Crippen LogP contribution is 2.26. The molecule has 0 fully saturated rings. The molecule has 0 bridgehead atoms. The third-order valence-corrected chi connectivity index (χ3v) is 5.16. The number of aromatic amines is 1. The van der Waals surface area contributed by atoms with Gasteiger partial charge in [-0.3, -0.25) is 19.7 Å². The number of H-pyrrole nitrogens is 1. The van der Waals surface area contributed by atoms with Gasteiger partial charge in [-0.05, 0) is 49.6 Å². The fourth-order valence-corrected chi connectivity index (χ4v) is 3.54. The second-order valence-electron chi connectivity index (χ2n) is 7.32. The van der Waals surface area contributed by atoms with Crippen LogP contribution in [0.1, 0.15) is 39.6 Å². The van der Waals surface area contributed by atoms with Gasteiger partial charge < -0.3 is 5.32 Å². The highest BCUT2D eigenvalue weighted by molar-refractivity contribution is 5.79. The van der Waals surface area contributed by atoms with Gasteiger partial charge in [0.05, 0.1) is 18.2 Å². The first-order chi connectivity index (χ1) is 14.4. The predicted octanol–water partition coefficient (Wildman–Crippen LogP) is 2.19. The zero-order chi connectivity index (χ0) is 21.3. The van der Waals surface area contributed by atoms with E-state index in [-0.39, 0.29) is 29.7 Å². The quantitative estimate of drug-likeness (QED) is 0.532. The van der Waals surface area contributed by atoms with Crippen molar-refractivity contribution >= 4 is 11.7 Å². The van der Waals surface area contributed by atoms with Crippen molar-refractivity contribution in [3.05, 3.63) is 92.9 Å². The molecule has 152 valence electrons. The van der Waals surface area contributed by atoms with E-state index in [0.717, 1.165) is 22.3 Å². The van der Waals surface area contributed by atoms with Gasteiger partial charge in [0, 0.05) is 18.0 Å². The molecule has 0 saturated heterocycles. The van der Waals surface area contributed by atoms with Crippen LogP contribution in [0.3, 0.4) is 0 Å². The Morgan fingerprint density at radius 3 is 2.70 bits per heavy atom. The lowest BCUT2D eigenvalue weighted by molar-refractivity contribution is -0.121. The second kappa shape index (κ2) is 7.90. The van der Waals surface area contributed by atoms with Crippen LogP contribution in [0.15, 0.2) is 53.8 Å². The number of amides is 1. The van der Waals surface area contributed by atoms with Crippen molar-refractivity contribution in [2.45, 2.75) is 33.2 Å². The maximum absolute atomic E-state index is 13.0. The molecule has 1 aromatic carbocycles. The van der Waals surface area contributed by atoms with Crippen molar-refractivity contribution in [1.82, 2.24) is 29.9 Å². The number of pyridine rings is 1. The minimum absolute atomic E-state index is 0.0773. The minimum Gasteiger partial charge on any atom is -0.345 e. The molecule has 0 aliphatic heterocycles. The third kappa shape index (κ3) is 3.71. The van der Waals surface area contributed by atoms with E-state index in [2.05, 4.69) is 31.4 Å². The number of hydrogen-bond donors (Lipinski definition) is 2. The van der Waals surface area contributed by atoms with E-state index in [1.54, 1.807) is 19.3 Å². The first-order valence-electron chi connectivity index (χ1n) is 9.62. The first-order valence-corrected chi connectivity index (χ1v) is 9.62. The Labute approximate surface area is 173 Å². The number of nitrogens with one attached hydrogen (secondary N) is 2. The van der Waals surface area contributed by atoms with Crippen molar-refractivity contribution < 1.29 is 4.79 Å². The van der Waals surface area contributed by atoms with Gasteiger partial charge in [0.1, 0.15) is 6.33 Å². The van der Waals surface area contributed by atoms with Gasteiger partial charge in [-0.15, -0.1) is 0 Å². The van der Waals surface area contributed by atoms with E-state index in [1.165, 1.54) is 10.8 Å². The number of carbonyl (C=O) groups is 1. The van der Waals surface area contributed by atoms with Crippen molar-refractivity contribution in [3.8, 4) is 0 Å². The van der Waals surface area contributed by atoms with Gasteiger partial charge in [-0.2, -0.15) is 4.52 Å². The van der Waals surface area contributed by atoms with Crippen molar-refractivity contribution in [2.24, 2.45) is 0 Å². The fourth-order valence-electron chi connectivity index (χ4n) is 3.54. The summed E-state index contributed by atoms with van der Waals surface area (Å²) < 4.78 is 1.24. The van der Waals surface area contributed by atoms with Gasteiger partial charge in [-0.1, -0.05) is 23.8 Å². The second-order valence-corrected chi connectivity index (χ2v) is 7.32. The van der Waals surface area contributed by atoms with E-state index < -0.39 is 0 Å². The smallest absolute Gasteiger partial charge is 0.277 e. The van der Waals surface area contributed by atoms with Gasteiger partial charge >= 0.3 is 0 Å². The number of benzene rings is 1. The molecule has 1 amide bonds. The molecule has 1 atom stereocenters. The summed E-state index contributed by atoms with van der Waals surface area (Å²) in [5.74, 6) is 0.0193. The molecule has 0 aliphatic rings. The van der Waals surface area contributed by atoms with Crippen LogP contribution in [0.2, 0.25) is 0 Å². The average Bonchev–Trinajstić information content (AvgIpc) is 3.20. The van der Waals surface area contributed by atoms with Gasteiger partial charge in [0.15, 0.2) is 0 Å². The van der Waals surface area contributed by atoms with Crippen LogP contribution in [0.4, 0.5) is 0 Å². The zero-order valence-corrected chi connectivity index (χ0v) is 17.0. The monoisotopic (exact) mass is 402 g/mol. The van der Waals surface area contributed by atoms with Crippen molar-refractivity contribution in [3.63, 3.8) is 0 Å². The Morgan fingerprint density at radius 1 is 1.17 bits per heavy atom. The highest BCUT2D eigenvalue weighted by atomic mass is 16.2. The summed E-state index contributed by atoms with van der Waals surface area (Å²) in [6, 6.07) is 9.56. The molecule has 0 saturated carbocycles. The number of fused-ring (bicyclic) bond motifs is 1. The van der Waals surface area contributed by atoms with E-state index in [1.807, 2.05) is 38.1 Å². The Kier molecular flexibility index (Phi) is 5.14. The summed E-state index contributed by atoms with van der Waals surface area (Å²) in [5.41, 5.74) is 4.61. The van der Waals surface area contributed by atoms with Crippen LogP contribution >= 0.6 is 0 Å². The largest absolute Gasteiger partial charge is 0.345 e. The predicted molar refractivity (Wildman–Crippen MR) is 112 cm³/mol. The van der Waals surface area contributed by atoms with Crippen LogP contribution in [0, 0.1) is 20.8 Å². The number of nitrogens with zero attached hydrogens (tertiary/aromatic N) is 4. The summed E-state index contributed by atoms with van der Waals surface area (Å²) in [4.78, 5) is 38.1. The summed E-state index contributed by atoms with van der Waals surface area (Å²) in [7, 11) is 0. The number of hydrogen-bond acceptors (Lipinski definition) is 5. The Bertz CT molecular complexity index is 1280. The minimum atomic E-state index is -0.354. The SMILES string of the molecule is Cc1ccc(C)c([C@H](NC(=O)Cc2c(C)nc3nc[nH]n3c2=O)c2ccncc2)c1. The van der Waals surface area contributed by atoms with E-state index in [4.69, 9.17) is 0 Å². The molecule has 4 aromatic rings. The summed E-state index contributed by atoms with van der Waals surface area (Å²) in [6.07, 6.45) is 4.72. The zero-order valence-electron chi connectivity index (χ0n) is 17.0. The van der Waals surface area contributed by atoms with Crippen LogP contribution in [-0.2, 0) is 11.2 Å². The molecule has 8 heteroatoms. The van der Waals surface area contributed by atoms with Crippen LogP contribution in [0.25, 0.3) is 5.78 Å². The number of aryl methyl sites for hydroxylation is 3. The van der Waals surface area contributed by atoms with E-state index in [0.29, 0.717) is 11.3 Å². The third-order valence-electron chi connectivity index (χ3n) is 5.16. The van der Waals surface area contributed by atoms with Crippen molar-refractivity contribution in [1.29, 1.82) is 0 Å². The molecular weight excluding hydrogens is 380 g/mol. The Morgan fingerprint density at radius 2 is 1.93 bits per heavy atom. The molecule has 0 spiro atoms. The molecule has 0 radical (unpaired) electrons. The topological polar surface area (TPSA) is 105 Å². The van der Waals surface area contributed by atoms with Crippen molar-refractivity contribution in [2.75, 3.05) is 0 Å². The van der Waals surface area contributed by atoms with Gasteiger partial charge in [-0.25, -0.2) is 9.97 Å². The van der Waals surface area contributed by atoms with Crippen LogP contribution < -0.4 is 10.9 Å². The lowest BCUT2D eigenvalue weighted by Gasteiger charge is -2.22. The maximum Gasteiger partial charge on any atom is 0.277 e. The summed E-state index contributed by atoms with van der Waals surface area (Å²) in [5, 5.41) is 5.82. The molecule has 4 rings (SSSR count). The van der Waals surface area contributed by atoms with E-state index in [9.17, 15) is 9.59 Å². The first kappa shape index (κ1) is 19.5. The highest BCUT2D eigenvalue weighted by Gasteiger charge is 2.21. The van der Waals surface area contributed by atoms with Gasteiger partial charge in [0.2, 0.25) is 5.91 Å². The van der Waals surface area contributed by atoms with Crippen LogP contribution in [0.5, 0.6) is 0 Å².